The summed E-state index contributed by atoms with van der Waals surface area (Å²) in [5.74, 6) is -0.814. The molecular formula is C13H15FO2. The topological polar surface area (TPSA) is 37.3 Å². The van der Waals surface area contributed by atoms with E-state index in [2.05, 4.69) is 0 Å². The lowest BCUT2D eigenvalue weighted by Gasteiger charge is -2.25. The average molecular weight is 222 g/mol. The number of aryl methyl sites for hydroxylation is 1. The number of aliphatic carboxylic acids is 1. The van der Waals surface area contributed by atoms with E-state index < -0.39 is 18.1 Å². The van der Waals surface area contributed by atoms with Crippen molar-refractivity contribution in [1.29, 1.82) is 0 Å². The van der Waals surface area contributed by atoms with Crippen LogP contribution in [-0.4, -0.2) is 17.8 Å². The van der Waals surface area contributed by atoms with Gasteiger partial charge in [0.15, 0.2) is 0 Å². The monoisotopic (exact) mass is 222 g/mol. The molecule has 0 aromatic heterocycles. The van der Waals surface area contributed by atoms with E-state index in [1.807, 2.05) is 24.3 Å². The van der Waals surface area contributed by atoms with Crippen molar-refractivity contribution in [2.75, 3.05) is 6.67 Å². The molecule has 0 fully saturated rings. The number of hydrogen-bond acceptors (Lipinski definition) is 1. The molecule has 0 radical (unpaired) electrons. The standard InChI is InChI=1S/C13H15FO2/c14-9-3-7-13(12(15)16)8-6-10-4-1-2-5-11(10)13/h1-2,4-5H,3,6-9H2,(H,15,16). The maximum absolute atomic E-state index is 12.3. The van der Waals surface area contributed by atoms with Crippen molar-refractivity contribution >= 4 is 5.97 Å². The number of carboxylic acid groups (broad SMARTS) is 1. The van der Waals surface area contributed by atoms with Crippen molar-refractivity contribution in [2.24, 2.45) is 0 Å². The maximum atomic E-state index is 12.3. The summed E-state index contributed by atoms with van der Waals surface area (Å²) in [4.78, 5) is 11.5. The van der Waals surface area contributed by atoms with Crippen LogP contribution in [0.15, 0.2) is 24.3 Å². The Kier molecular flexibility index (Phi) is 2.95. The van der Waals surface area contributed by atoms with Crippen LogP contribution < -0.4 is 0 Å². The summed E-state index contributed by atoms with van der Waals surface area (Å²) in [7, 11) is 0. The first kappa shape index (κ1) is 11.1. The van der Waals surface area contributed by atoms with Gasteiger partial charge in [0.05, 0.1) is 12.1 Å². The van der Waals surface area contributed by atoms with Gasteiger partial charge in [0, 0.05) is 0 Å². The van der Waals surface area contributed by atoms with Crippen molar-refractivity contribution in [2.45, 2.75) is 31.1 Å². The fourth-order valence-corrected chi connectivity index (χ4v) is 2.65. The molecule has 1 N–H and O–H groups in total. The molecular weight excluding hydrogens is 207 g/mol. The molecule has 0 saturated carbocycles. The number of hydrogen-bond donors (Lipinski definition) is 1. The van der Waals surface area contributed by atoms with E-state index in [0.717, 1.165) is 17.5 Å². The summed E-state index contributed by atoms with van der Waals surface area (Å²) in [6.45, 7) is -0.447. The van der Waals surface area contributed by atoms with Gasteiger partial charge in [-0.05, 0) is 36.8 Å². The number of carboxylic acids is 1. The molecule has 2 nitrogen and oxygen atoms in total. The van der Waals surface area contributed by atoms with E-state index >= 15 is 0 Å². The van der Waals surface area contributed by atoms with Gasteiger partial charge in [-0.2, -0.15) is 0 Å². The van der Waals surface area contributed by atoms with Gasteiger partial charge in [-0.1, -0.05) is 24.3 Å². The first-order valence-corrected chi connectivity index (χ1v) is 5.58. The molecule has 0 saturated heterocycles. The van der Waals surface area contributed by atoms with Gasteiger partial charge in [0.2, 0.25) is 0 Å². The Morgan fingerprint density at radius 3 is 2.88 bits per heavy atom. The van der Waals surface area contributed by atoms with Crippen LogP contribution >= 0.6 is 0 Å². The van der Waals surface area contributed by atoms with Crippen molar-refractivity contribution in [3.63, 3.8) is 0 Å². The summed E-state index contributed by atoms with van der Waals surface area (Å²) < 4.78 is 12.3. The summed E-state index contributed by atoms with van der Waals surface area (Å²) in [6, 6.07) is 7.62. The third-order valence-electron chi connectivity index (χ3n) is 3.50. The van der Waals surface area contributed by atoms with Gasteiger partial charge in [0.1, 0.15) is 0 Å². The lowest BCUT2D eigenvalue weighted by Crippen LogP contribution is -2.33. The van der Waals surface area contributed by atoms with Crippen LogP contribution in [-0.2, 0) is 16.6 Å². The largest absolute Gasteiger partial charge is 0.481 e. The van der Waals surface area contributed by atoms with Gasteiger partial charge in [0.25, 0.3) is 0 Å². The Bertz CT molecular complexity index is 403. The highest BCUT2D eigenvalue weighted by Gasteiger charge is 2.44. The van der Waals surface area contributed by atoms with E-state index in [1.165, 1.54) is 0 Å². The Morgan fingerprint density at radius 2 is 2.19 bits per heavy atom. The van der Waals surface area contributed by atoms with Gasteiger partial charge in [-0.25, -0.2) is 0 Å². The number of alkyl halides is 1. The van der Waals surface area contributed by atoms with Crippen LogP contribution in [0.25, 0.3) is 0 Å². The van der Waals surface area contributed by atoms with Gasteiger partial charge in [-0.15, -0.1) is 0 Å². The van der Waals surface area contributed by atoms with Crippen LogP contribution in [0.5, 0.6) is 0 Å². The number of carbonyl (C=O) groups is 1. The third-order valence-corrected chi connectivity index (χ3v) is 3.50. The second kappa shape index (κ2) is 4.24. The van der Waals surface area contributed by atoms with Gasteiger partial charge in [-0.3, -0.25) is 9.18 Å². The molecule has 0 heterocycles. The van der Waals surface area contributed by atoms with Crippen molar-refractivity contribution in [1.82, 2.24) is 0 Å². The van der Waals surface area contributed by atoms with Crippen LogP contribution in [0.3, 0.4) is 0 Å². The highest BCUT2D eigenvalue weighted by molar-refractivity contribution is 5.83. The molecule has 3 heteroatoms. The van der Waals surface area contributed by atoms with E-state index in [9.17, 15) is 14.3 Å². The molecule has 2 rings (SSSR count). The number of benzene rings is 1. The van der Waals surface area contributed by atoms with Crippen LogP contribution in [0.4, 0.5) is 4.39 Å². The predicted octanol–water partition coefficient (Wildman–Crippen LogP) is 2.70. The minimum Gasteiger partial charge on any atom is -0.481 e. The fourth-order valence-electron chi connectivity index (χ4n) is 2.65. The number of halogens is 1. The SMILES string of the molecule is O=C(O)C1(CCCF)CCc2ccccc21. The highest BCUT2D eigenvalue weighted by Crippen LogP contribution is 2.42. The maximum Gasteiger partial charge on any atom is 0.314 e. The molecule has 16 heavy (non-hydrogen) atoms. The zero-order valence-electron chi connectivity index (χ0n) is 9.08. The lowest BCUT2D eigenvalue weighted by molar-refractivity contribution is -0.144. The zero-order chi connectivity index (χ0) is 11.6. The van der Waals surface area contributed by atoms with E-state index in [-0.39, 0.29) is 0 Å². The molecule has 1 aliphatic rings. The minimum atomic E-state index is -0.845. The smallest absolute Gasteiger partial charge is 0.314 e. The summed E-state index contributed by atoms with van der Waals surface area (Å²) in [5.41, 5.74) is 1.14. The first-order chi connectivity index (χ1) is 7.70. The van der Waals surface area contributed by atoms with E-state index in [0.29, 0.717) is 19.3 Å². The van der Waals surface area contributed by atoms with E-state index in [1.54, 1.807) is 0 Å². The molecule has 1 atom stereocenters. The second-order valence-electron chi connectivity index (χ2n) is 4.34. The Morgan fingerprint density at radius 1 is 1.44 bits per heavy atom. The molecule has 0 amide bonds. The first-order valence-electron chi connectivity index (χ1n) is 5.58. The van der Waals surface area contributed by atoms with Crippen molar-refractivity contribution in [3.05, 3.63) is 35.4 Å². The Labute approximate surface area is 94.1 Å². The van der Waals surface area contributed by atoms with Gasteiger partial charge < -0.3 is 5.11 Å². The molecule has 1 aromatic rings. The summed E-state index contributed by atoms with van der Waals surface area (Å²) >= 11 is 0. The minimum absolute atomic E-state index is 0.320. The molecule has 0 aliphatic heterocycles. The second-order valence-corrected chi connectivity index (χ2v) is 4.34. The Hall–Kier alpha value is -1.38. The number of rotatable bonds is 4. The van der Waals surface area contributed by atoms with Crippen molar-refractivity contribution in [3.8, 4) is 0 Å². The zero-order valence-corrected chi connectivity index (χ0v) is 9.08. The summed E-state index contributed by atoms with van der Waals surface area (Å²) in [6.07, 6.45) is 2.10. The molecule has 86 valence electrons. The number of fused-ring (bicyclic) bond motifs is 1. The lowest BCUT2D eigenvalue weighted by atomic mass is 9.78. The highest BCUT2D eigenvalue weighted by atomic mass is 19.1. The fraction of sp³-hybridized carbons (Fsp3) is 0.462. The van der Waals surface area contributed by atoms with E-state index in [4.69, 9.17) is 0 Å². The van der Waals surface area contributed by atoms with Crippen LogP contribution in [0.2, 0.25) is 0 Å². The predicted molar refractivity (Wildman–Crippen MR) is 59.3 cm³/mol. The van der Waals surface area contributed by atoms with Crippen LogP contribution in [0.1, 0.15) is 30.4 Å². The summed E-state index contributed by atoms with van der Waals surface area (Å²) in [5, 5.41) is 9.41. The normalized spacial score (nSPS) is 23.1. The molecule has 0 spiro atoms. The molecule has 1 aromatic carbocycles. The molecule has 1 aliphatic carbocycles. The molecule has 0 bridgehead atoms. The third kappa shape index (κ3) is 1.60. The van der Waals surface area contributed by atoms with Crippen molar-refractivity contribution < 1.29 is 14.3 Å². The Balaban J connectivity index is 2.39. The average Bonchev–Trinajstić information content (AvgIpc) is 2.67. The van der Waals surface area contributed by atoms with Gasteiger partial charge >= 0.3 is 5.97 Å². The molecule has 1 unspecified atom stereocenters. The quantitative estimate of drug-likeness (QED) is 0.850. The van der Waals surface area contributed by atoms with Crippen LogP contribution in [0, 0.1) is 0 Å².